The van der Waals surface area contributed by atoms with Crippen molar-refractivity contribution in [3.63, 3.8) is 0 Å². The first kappa shape index (κ1) is 18.6. The Balaban J connectivity index is 1.80. The monoisotopic (exact) mass is 375 g/mol. The molecule has 3 rings (SSSR count). The Kier molecular flexibility index (Phi) is 5.41. The summed E-state index contributed by atoms with van der Waals surface area (Å²) >= 11 is 0. The van der Waals surface area contributed by atoms with E-state index in [2.05, 4.69) is 0 Å². The molecular formula is C20H22FNO3S. The largest absolute Gasteiger partial charge is 0.341 e. The van der Waals surface area contributed by atoms with Gasteiger partial charge < -0.3 is 4.90 Å². The summed E-state index contributed by atoms with van der Waals surface area (Å²) in [5, 5.41) is -0.909. The summed E-state index contributed by atoms with van der Waals surface area (Å²) in [6.45, 7) is 2.27. The highest BCUT2D eigenvalue weighted by atomic mass is 32.2. The zero-order valence-corrected chi connectivity index (χ0v) is 15.5. The lowest BCUT2D eigenvalue weighted by atomic mass is 9.99. The SMILES string of the molecule is CC(C(=O)N1CCC(c2ccccc2F)S(=O)(=O)CC1)c1ccccc1. The van der Waals surface area contributed by atoms with Gasteiger partial charge in [-0.3, -0.25) is 4.79 Å². The third-order valence-corrected chi connectivity index (χ3v) is 7.08. The Morgan fingerprint density at radius 1 is 1.08 bits per heavy atom. The van der Waals surface area contributed by atoms with Crippen LogP contribution in [-0.2, 0) is 14.6 Å². The normalized spacial score (nSPS) is 21.0. The minimum Gasteiger partial charge on any atom is -0.341 e. The molecule has 2 unspecified atom stereocenters. The number of amides is 1. The molecule has 0 saturated carbocycles. The standard InChI is InChI=1S/C20H22FNO3S/c1-15(16-7-3-2-4-8-16)20(23)22-12-11-19(26(24,25)14-13-22)17-9-5-6-10-18(17)21/h2-10,15,19H,11-14H2,1H3. The van der Waals surface area contributed by atoms with Crippen LogP contribution in [-0.4, -0.2) is 38.1 Å². The molecule has 2 atom stereocenters. The molecule has 26 heavy (non-hydrogen) atoms. The van der Waals surface area contributed by atoms with Crippen molar-refractivity contribution in [2.24, 2.45) is 0 Å². The molecule has 0 N–H and O–H groups in total. The van der Waals surface area contributed by atoms with E-state index in [1.165, 1.54) is 12.1 Å². The van der Waals surface area contributed by atoms with Gasteiger partial charge in [-0.25, -0.2) is 12.8 Å². The number of nitrogens with zero attached hydrogens (tertiary/aromatic N) is 1. The van der Waals surface area contributed by atoms with E-state index in [4.69, 9.17) is 0 Å². The molecule has 1 fully saturated rings. The molecule has 0 aromatic heterocycles. The predicted molar refractivity (Wildman–Crippen MR) is 99.0 cm³/mol. The Morgan fingerprint density at radius 3 is 2.42 bits per heavy atom. The van der Waals surface area contributed by atoms with E-state index in [1.54, 1.807) is 17.0 Å². The van der Waals surface area contributed by atoms with Gasteiger partial charge in [-0.2, -0.15) is 0 Å². The summed E-state index contributed by atoms with van der Waals surface area (Å²) in [6, 6.07) is 15.4. The summed E-state index contributed by atoms with van der Waals surface area (Å²) < 4.78 is 39.4. The average Bonchev–Trinajstić information content (AvgIpc) is 2.80. The molecule has 1 saturated heterocycles. The molecule has 0 radical (unpaired) electrons. The topological polar surface area (TPSA) is 54.5 Å². The quantitative estimate of drug-likeness (QED) is 0.827. The van der Waals surface area contributed by atoms with Crippen molar-refractivity contribution in [3.05, 3.63) is 71.5 Å². The Bertz CT molecular complexity index is 883. The highest BCUT2D eigenvalue weighted by Gasteiger charge is 2.35. The van der Waals surface area contributed by atoms with E-state index >= 15 is 0 Å². The summed E-state index contributed by atoms with van der Waals surface area (Å²) in [6.07, 6.45) is 0.205. The van der Waals surface area contributed by atoms with Crippen LogP contribution in [0.1, 0.15) is 35.6 Å². The number of rotatable bonds is 3. The molecule has 0 aliphatic carbocycles. The summed E-state index contributed by atoms with van der Waals surface area (Å²) in [5.41, 5.74) is 1.09. The van der Waals surface area contributed by atoms with Crippen LogP contribution in [0, 0.1) is 5.82 Å². The van der Waals surface area contributed by atoms with Crippen molar-refractivity contribution in [2.45, 2.75) is 24.5 Å². The first-order valence-corrected chi connectivity index (χ1v) is 10.4. The second-order valence-corrected chi connectivity index (χ2v) is 8.93. The number of hydrogen-bond acceptors (Lipinski definition) is 3. The van der Waals surface area contributed by atoms with Crippen LogP contribution in [0.3, 0.4) is 0 Å². The molecule has 1 aliphatic rings. The van der Waals surface area contributed by atoms with Gasteiger partial charge >= 0.3 is 0 Å². The lowest BCUT2D eigenvalue weighted by Crippen LogP contribution is -2.36. The number of hydrogen-bond donors (Lipinski definition) is 0. The van der Waals surface area contributed by atoms with E-state index in [1.807, 2.05) is 37.3 Å². The molecule has 6 heteroatoms. The molecule has 1 aliphatic heterocycles. The van der Waals surface area contributed by atoms with Crippen LogP contribution in [0.4, 0.5) is 4.39 Å². The number of halogens is 1. The van der Waals surface area contributed by atoms with Gasteiger partial charge in [0.05, 0.1) is 16.9 Å². The fraction of sp³-hybridized carbons (Fsp3) is 0.350. The summed E-state index contributed by atoms with van der Waals surface area (Å²) in [5.74, 6) is -1.11. The van der Waals surface area contributed by atoms with Gasteiger partial charge in [0.1, 0.15) is 5.82 Å². The third-order valence-electron chi connectivity index (χ3n) is 4.97. The van der Waals surface area contributed by atoms with Crippen LogP contribution >= 0.6 is 0 Å². The van der Waals surface area contributed by atoms with Crippen molar-refractivity contribution in [1.82, 2.24) is 4.90 Å². The number of sulfone groups is 1. The van der Waals surface area contributed by atoms with Crippen LogP contribution in [0.5, 0.6) is 0 Å². The van der Waals surface area contributed by atoms with Gasteiger partial charge in [0.15, 0.2) is 9.84 Å². The van der Waals surface area contributed by atoms with Gasteiger partial charge in [0.25, 0.3) is 0 Å². The van der Waals surface area contributed by atoms with Gasteiger partial charge in [-0.1, -0.05) is 48.5 Å². The zero-order chi connectivity index (χ0) is 18.7. The number of carbonyl (C=O) groups is 1. The summed E-state index contributed by atoms with van der Waals surface area (Å²) in [4.78, 5) is 14.4. The molecule has 138 valence electrons. The van der Waals surface area contributed by atoms with Crippen LogP contribution < -0.4 is 0 Å². The fourth-order valence-corrected chi connectivity index (χ4v) is 5.21. The van der Waals surface area contributed by atoms with Gasteiger partial charge in [0, 0.05) is 18.7 Å². The minimum absolute atomic E-state index is 0.0967. The maximum absolute atomic E-state index is 14.1. The lowest BCUT2D eigenvalue weighted by Gasteiger charge is -2.24. The molecule has 0 spiro atoms. The zero-order valence-electron chi connectivity index (χ0n) is 14.6. The molecule has 2 aromatic carbocycles. The van der Waals surface area contributed by atoms with Gasteiger partial charge in [-0.15, -0.1) is 0 Å². The van der Waals surface area contributed by atoms with E-state index in [0.29, 0.717) is 6.54 Å². The fourth-order valence-electron chi connectivity index (χ4n) is 3.41. The summed E-state index contributed by atoms with van der Waals surface area (Å²) in [7, 11) is -3.53. The first-order chi connectivity index (χ1) is 12.4. The maximum Gasteiger partial charge on any atom is 0.229 e. The van der Waals surface area contributed by atoms with E-state index in [9.17, 15) is 17.6 Å². The lowest BCUT2D eigenvalue weighted by molar-refractivity contribution is -0.132. The maximum atomic E-state index is 14.1. The Labute approximate surface area is 153 Å². The molecular weight excluding hydrogens is 353 g/mol. The van der Waals surface area contributed by atoms with Gasteiger partial charge in [0.2, 0.25) is 5.91 Å². The highest BCUT2D eigenvalue weighted by molar-refractivity contribution is 7.91. The number of carbonyl (C=O) groups excluding carboxylic acids is 1. The van der Waals surface area contributed by atoms with Crippen LogP contribution in [0.15, 0.2) is 54.6 Å². The predicted octanol–water partition coefficient (Wildman–Crippen LogP) is 3.32. The van der Waals surface area contributed by atoms with Crippen molar-refractivity contribution in [1.29, 1.82) is 0 Å². The molecule has 2 aromatic rings. The molecule has 1 heterocycles. The first-order valence-electron chi connectivity index (χ1n) is 8.70. The van der Waals surface area contributed by atoms with Crippen molar-refractivity contribution < 1.29 is 17.6 Å². The second kappa shape index (κ2) is 7.58. The van der Waals surface area contributed by atoms with Crippen molar-refractivity contribution in [2.75, 3.05) is 18.8 Å². The van der Waals surface area contributed by atoms with Crippen molar-refractivity contribution in [3.8, 4) is 0 Å². The van der Waals surface area contributed by atoms with Crippen molar-refractivity contribution >= 4 is 15.7 Å². The van der Waals surface area contributed by atoms with E-state index in [-0.39, 0.29) is 36.1 Å². The highest BCUT2D eigenvalue weighted by Crippen LogP contribution is 2.32. The Hall–Kier alpha value is -2.21. The number of benzene rings is 2. The smallest absolute Gasteiger partial charge is 0.229 e. The minimum atomic E-state index is -3.53. The van der Waals surface area contributed by atoms with E-state index < -0.39 is 20.9 Å². The van der Waals surface area contributed by atoms with Crippen LogP contribution in [0.25, 0.3) is 0 Å². The van der Waals surface area contributed by atoms with E-state index in [0.717, 1.165) is 5.56 Å². The molecule has 4 nitrogen and oxygen atoms in total. The second-order valence-electron chi connectivity index (χ2n) is 6.62. The third kappa shape index (κ3) is 3.80. The van der Waals surface area contributed by atoms with Gasteiger partial charge in [-0.05, 0) is 25.0 Å². The molecule has 1 amide bonds. The average molecular weight is 375 g/mol. The Morgan fingerprint density at radius 2 is 1.73 bits per heavy atom. The molecule has 0 bridgehead atoms. The van der Waals surface area contributed by atoms with Crippen LogP contribution in [0.2, 0.25) is 0 Å².